The molecule has 11 heteroatoms. The van der Waals surface area contributed by atoms with E-state index < -0.39 is 23.5 Å². The summed E-state index contributed by atoms with van der Waals surface area (Å²) in [5.41, 5.74) is 1.47. The first-order valence-electron chi connectivity index (χ1n) is 12.4. The Kier molecular flexibility index (Phi) is 8.22. The highest BCUT2D eigenvalue weighted by Crippen LogP contribution is 2.44. The van der Waals surface area contributed by atoms with Crippen LogP contribution in [0.1, 0.15) is 36.1 Å². The van der Waals surface area contributed by atoms with Gasteiger partial charge < -0.3 is 9.84 Å². The van der Waals surface area contributed by atoms with E-state index in [9.17, 15) is 23.5 Å². The number of carbonyl (C=O) groups excluding carboxylic acids is 2. The number of amides is 1. The topological polar surface area (TPSA) is 92.6 Å². The van der Waals surface area contributed by atoms with Gasteiger partial charge in [0.25, 0.3) is 5.78 Å². The van der Waals surface area contributed by atoms with Gasteiger partial charge in [0.05, 0.1) is 18.2 Å². The van der Waals surface area contributed by atoms with Crippen LogP contribution < -0.4 is 9.64 Å². The lowest BCUT2D eigenvalue weighted by Gasteiger charge is -2.22. The number of aliphatic hydroxyl groups is 1. The number of anilines is 1. The quantitative estimate of drug-likeness (QED) is 0.0793. The van der Waals surface area contributed by atoms with E-state index >= 15 is 0 Å². The third-order valence-corrected chi connectivity index (χ3v) is 8.24. The summed E-state index contributed by atoms with van der Waals surface area (Å²) in [6.45, 7) is 2.52. The summed E-state index contributed by atoms with van der Waals surface area (Å²) < 4.78 is 33.1. The molecule has 40 heavy (non-hydrogen) atoms. The van der Waals surface area contributed by atoms with E-state index in [4.69, 9.17) is 4.74 Å². The van der Waals surface area contributed by atoms with E-state index in [1.807, 2.05) is 6.92 Å². The Labute approximate surface area is 237 Å². The minimum absolute atomic E-state index is 0.144. The Balaban J connectivity index is 1.49. The summed E-state index contributed by atoms with van der Waals surface area (Å²) in [5.74, 6) is -1.87. The number of hydrogen-bond donors (Lipinski definition) is 1. The van der Waals surface area contributed by atoms with Crippen LogP contribution in [-0.2, 0) is 15.3 Å². The maximum absolute atomic E-state index is 13.8. The average Bonchev–Trinajstić information content (AvgIpc) is 3.54. The Morgan fingerprint density at radius 2 is 1.62 bits per heavy atom. The number of rotatable bonds is 9. The zero-order valence-corrected chi connectivity index (χ0v) is 22.8. The highest BCUT2D eigenvalue weighted by Gasteiger charge is 2.48. The van der Waals surface area contributed by atoms with Crippen molar-refractivity contribution in [2.45, 2.75) is 29.5 Å². The van der Waals surface area contributed by atoms with Gasteiger partial charge in [-0.25, -0.2) is 8.78 Å². The Morgan fingerprint density at radius 3 is 2.27 bits per heavy atom. The van der Waals surface area contributed by atoms with Crippen molar-refractivity contribution in [2.24, 2.45) is 0 Å². The molecule has 2 heterocycles. The highest BCUT2D eigenvalue weighted by molar-refractivity contribution is 8.00. The van der Waals surface area contributed by atoms with Crippen molar-refractivity contribution in [1.29, 1.82) is 0 Å². The van der Waals surface area contributed by atoms with E-state index in [2.05, 4.69) is 10.2 Å². The van der Waals surface area contributed by atoms with Crippen molar-refractivity contribution in [1.82, 2.24) is 10.2 Å². The van der Waals surface area contributed by atoms with Crippen LogP contribution in [0.4, 0.5) is 13.9 Å². The number of benzene rings is 3. The van der Waals surface area contributed by atoms with Gasteiger partial charge in [0, 0.05) is 11.3 Å². The Bertz CT molecular complexity index is 1560. The van der Waals surface area contributed by atoms with Gasteiger partial charge in [-0.1, -0.05) is 54.3 Å². The van der Waals surface area contributed by atoms with E-state index in [1.54, 1.807) is 36.4 Å². The van der Waals surface area contributed by atoms with Gasteiger partial charge in [0.15, 0.2) is 4.34 Å². The van der Waals surface area contributed by atoms with Gasteiger partial charge in [-0.15, -0.1) is 10.2 Å². The number of hydrogen-bond acceptors (Lipinski definition) is 8. The van der Waals surface area contributed by atoms with E-state index in [1.165, 1.54) is 53.1 Å². The van der Waals surface area contributed by atoms with Gasteiger partial charge >= 0.3 is 5.91 Å². The van der Waals surface area contributed by atoms with Crippen molar-refractivity contribution in [3.05, 3.63) is 107 Å². The number of halogens is 2. The number of ketones is 1. The molecule has 0 saturated carbocycles. The lowest BCUT2D eigenvalue weighted by atomic mass is 9.95. The summed E-state index contributed by atoms with van der Waals surface area (Å²) in [4.78, 5) is 27.8. The minimum Gasteiger partial charge on any atom is -0.507 e. The fourth-order valence-corrected chi connectivity index (χ4v) is 5.98. The molecule has 1 fully saturated rings. The molecule has 0 bridgehead atoms. The normalized spacial score (nSPS) is 16.5. The lowest BCUT2D eigenvalue weighted by molar-refractivity contribution is -0.132. The number of carbonyl (C=O) groups is 2. The van der Waals surface area contributed by atoms with Crippen molar-refractivity contribution in [3.63, 3.8) is 0 Å². The van der Waals surface area contributed by atoms with Gasteiger partial charge in [0.2, 0.25) is 5.13 Å². The number of aromatic nitrogens is 2. The first kappa shape index (κ1) is 27.5. The van der Waals surface area contributed by atoms with Crippen LogP contribution in [0, 0.1) is 11.6 Å². The van der Waals surface area contributed by atoms with Gasteiger partial charge in [-0.05, 0) is 66.1 Å². The predicted molar refractivity (Wildman–Crippen MR) is 149 cm³/mol. The summed E-state index contributed by atoms with van der Waals surface area (Å²) >= 11 is 2.45. The maximum Gasteiger partial charge on any atom is 0.301 e. The molecule has 1 unspecified atom stereocenters. The zero-order valence-electron chi connectivity index (χ0n) is 21.2. The zero-order chi connectivity index (χ0) is 28.2. The largest absolute Gasteiger partial charge is 0.507 e. The molecule has 1 aliphatic rings. The molecular weight excluding hydrogens is 556 g/mol. The molecule has 4 aromatic rings. The number of Topliss-reactive ketones (excluding diaryl/α,β-unsaturated/α-hetero) is 1. The molecule has 1 saturated heterocycles. The average molecular weight is 580 g/mol. The first-order chi connectivity index (χ1) is 19.4. The Hall–Kier alpha value is -4.09. The smallest absolute Gasteiger partial charge is 0.301 e. The molecule has 5 rings (SSSR count). The maximum atomic E-state index is 13.8. The van der Waals surface area contributed by atoms with Crippen LogP contribution in [0.3, 0.4) is 0 Å². The molecule has 1 aliphatic heterocycles. The molecule has 0 radical (unpaired) electrons. The third-order valence-electron chi connectivity index (χ3n) is 6.11. The second-order valence-electron chi connectivity index (χ2n) is 8.86. The Morgan fingerprint density at radius 1 is 0.975 bits per heavy atom. The van der Waals surface area contributed by atoms with Crippen LogP contribution in [0.25, 0.3) is 5.76 Å². The third kappa shape index (κ3) is 5.75. The van der Waals surface area contributed by atoms with Crippen molar-refractivity contribution in [3.8, 4) is 5.75 Å². The first-order valence-corrected chi connectivity index (χ1v) is 14.2. The summed E-state index contributed by atoms with van der Waals surface area (Å²) in [6, 6.07) is 16.9. The van der Waals surface area contributed by atoms with Gasteiger partial charge in [-0.3, -0.25) is 14.5 Å². The molecule has 1 aromatic heterocycles. The minimum atomic E-state index is -1.06. The SMILES string of the molecule is CCCOc1ccc(/C(O)=C2/C(=O)C(=O)N(c3nnc(SCc4ccc(F)cc4)s3)C2c2ccc(F)cc2)cc1. The molecular formula is C29H23F2N3O4S2. The van der Waals surface area contributed by atoms with Crippen molar-refractivity contribution >= 4 is 45.7 Å². The predicted octanol–water partition coefficient (Wildman–Crippen LogP) is 6.52. The van der Waals surface area contributed by atoms with Crippen molar-refractivity contribution < 1.29 is 28.2 Å². The van der Waals surface area contributed by atoms with Crippen LogP contribution in [-0.4, -0.2) is 33.6 Å². The standard InChI is InChI=1S/C29H23F2N3O4S2/c1-2-15-38-22-13-7-19(8-14-22)25(35)23-24(18-5-11-21(31)12-6-18)34(27(37)26(23)36)28-32-33-29(40-28)39-16-17-3-9-20(30)10-4-17/h3-14,24,35H,2,15-16H2,1H3/b25-23-. The van der Waals surface area contributed by atoms with Gasteiger partial charge in [-0.2, -0.15) is 0 Å². The molecule has 3 aromatic carbocycles. The highest BCUT2D eigenvalue weighted by atomic mass is 32.2. The number of nitrogens with zero attached hydrogens (tertiary/aromatic N) is 3. The lowest BCUT2D eigenvalue weighted by Crippen LogP contribution is -2.29. The van der Waals surface area contributed by atoms with E-state index in [0.29, 0.717) is 33.6 Å². The summed E-state index contributed by atoms with van der Waals surface area (Å²) in [5, 5.41) is 19.7. The van der Waals surface area contributed by atoms with Gasteiger partial charge in [0.1, 0.15) is 23.1 Å². The van der Waals surface area contributed by atoms with Crippen LogP contribution >= 0.6 is 23.1 Å². The molecule has 1 atom stereocenters. The molecule has 0 spiro atoms. The summed E-state index contributed by atoms with van der Waals surface area (Å²) in [7, 11) is 0. The second-order valence-corrected chi connectivity index (χ2v) is 11.0. The number of aliphatic hydroxyl groups excluding tert-OH is 1. The number of ether oxygens (including phenoxy) is 1. The fraction of sp³-hybridized carbons (Fsp3) is 0.172. The van der Waals surface area contributed by atoms with Crippen molar-refractivity contribution in [2.75, 3.05) is 11.5 Å². The molecule has 1 N–H and O–H groups in total. The van der Waals surface area contributed by atoms with Crippen LogP contribution in [0.5, 0.6) is 5.75 Å². The number of thioether (sulfide) groups is 1. The molecule has 1 amide bonds. The van der Waals surface area contributed by atoms with Crippen LogP contribution in [0.15, 0.2) is 82.7 Å². The van der Waals surface area contributed by atoms with E-state index in [-0.39, 0.29) is 22.3 Å². The molecule has 7 nitrogen and oxygen atoms in total. The molecule has 204 valence electrons. The van der Waals surface area contributed by atoms with E-state index in [0.717, 1.165) is 23.3 Å². The molecule has 0 aliphatic carbocycles. The summed E-state index contributed by atoms with van der Waals surface area (Å²) in [6.07, 6.45) is 0.834. The van der Waals surface area contributed by atoms with Crippen LogP contribution in [0.2, 0.25) is 0 Å². The second kappa shape index (κ2) is 12.0. The fourth-order valence-electron chi connectivity index (χ4n) is 4.16. The monoisotopic (exact) mass is 579 g/mol.